The second kappa shape index (κ2) is 13.6. The van der Waals surface area contributed by atoms with E-state index in [1.807, 2.05) is 60.7 Å². The van der Waals surface area contributed by atoms with Crippen molar-refractivity contribution in [1.29, 1.82) is 0 Å². The van der Waals surface area contributed by atoms with Gasteiger partial charge in [-0.1, -0.05) is 48.5 Å². The molecule has 0 spiro atoms. The largest absolute Gasteiger partial charge is 0.456 e. The van der Waals surface area contributed by atoms with Gasteiger partial charge in [-0.15, -0.1) is 0 Å². The average Bonchev–Trinajstić information content (AvgIpc) is 3.77. The lowest BCUT2D eigenvalue weighted by Gasteiger charge is -2.13. The van der Waals surface area contributed by atoms with Gasteiger partial charge in [0.15, 0.2) is 0 Å². The van der Waals surface area contributed by atoms with Crippen LogP contribution in [0, 0.1) is 0 Å². The summed E-state index contributed by atoms with van der Waals surface area (Å²) in [5.74, 6) is 2.83. The van der Waals surface area contributed by atoms with Gasteiger partial charge in [0.05, 0.1) is 0 Å². The van der Waals surface area contributed by atoms with Crippen molar-refractivity contribution in [3.05, 3.63) is 71.8 Å². The van der Waals surface area contributed by atoms with Gasteiger partial charge in [0.1, 0.15) is 23.2 Å². The first kappa shape index (κ1) is 27.2. The van der Waals surface area contributed by atoms with Crippen LogP contribution >= 0.6 is 0 Å². The van der Waals surface area contributed by atoms with Crippen molar-refractivity contribution in [2.75, 3.05) is 52.4 Å². The minimum Gasteiger partial charge on any atom is -0.456 e. The predicted octanol–water partition coefficient (Wildman–Crippen LogP) is 5.00. The molecule has 2 aliphatic heterocycles. The Morgan fingerprint density at radius 1 is 0.590 bits per heavy atom. The Labute approximate surface area is 232 Å². The smallest absolute Gasteiger partial charge is 0.134 e. The van der Waals surface area contributed by atoms with E-state index in [1.165, 1.54) is 51.9 Å². The first-order chi connectivity index (χ1) is 19.2. The second-order valence-corrected chi connectivity index (χ2v) is 10.7. The highest BCUT2D eigenvalue weighted by Gasteiger charge is 2.12. The molecule has 0 radical (unpaired) electrons. The molecule has 1 aromatic heterocycles. The Hall–Kier alpha value is -3.42. The zero-order valence-electron chi connectivity index (χ0n) is 23.0. The van der Waals surface area contributed by atoms with Crippen molar-refractivity contribution < 1.29 is 4.42 Å². The van der Waals surface area contributed by atoms with Gasteiger partial charge in [0.25, 0.3) is 0 Å². The molecule has 7 nitrogen and oxygen atoms in total. The Kier molecular flexibility index (Phi) is 9.46. The molecule has 0 bridgehead atoms. The van der Waals surface area contributed by atoms with Gasteiger partial charge >= 0.3 is 0 Å². The van der Waals surface area contributed by atoms with Crippen LogP contribution in [0.4, 0.5) is 0 Å². The predicted molar refractivity (Wildman–Crippen MR) is 161 cm³/mol. The molecule has 0 atom stereocenters. The van der Waals surface area contributed by atoms with Gasteiger partial charge in [-0.05, 0) is 89.9 Å². The molecular formula is C32H42N6O. The van der Waals surface area contributed by atoms with Crippen LogP contribution in [0.25, 0.3) is 22.6 Å². The number of hydrogen-bond acceptors (Lipinski definition) is 5. The highest BCUT2D eigenvalue weighted by Crippen LogP contribution is 2.29. The third-order valence-electron chi connectivity index (χ3n) is 7.76. The van der Waals surface area contributed by atoms with Crippen LogP contribution in [-0.2, 0) is 0 Å². The third kappa shape index (κ3) is 7.58. The summed E-state index contributed by atoms with van der Waals surface area (Å²) in [5, 5.41) is 0. The van der Waals surface area contributed by atoms with E-state index in [-0.39, 0.29) is 0 Å². The lowest BCUT2D eigenvalue weighted by molar-refractivity contribution is 0.336. The molecule has 2 aliphatic rings. The Morgan fingerprint density at radius 3 is 1.36 bits per heavy atom. The molecule has 0 amide bonds. The molecule has 206 valence electrons. The van der Waals surface area contributed by atoms with Crippen LogP contribution in [0.2, 0.25) is 0 Å². The van der Waals surface area contributed by atoms with Crippen LogP contribution in [0.5, 0.6) is 0 Å². The normalized spacial score (nSPS) is 17.3. The monoisotopic (exact) mass is 526 g/mol. The maximum Gasteiger partial charge on any atom is 0.134 e. The topological polar surface area (TPSA) is 96.4 Å². The number of likely N-dealkylation sites (tertiary alicyclic amines) is 2. The Morgan fingerprint density at radius 2 is 0.974 bits per heavy atom. The van der Waals surface area contributed by atoms with Gasteiger partial charge in [0, 0.05) is 35.3 Å². The number of aliphatic imine (C=N–C) groups is 2. The van der Waals surface area contributed by atoms with Crippen LogP contribution in [-0.4, -0.2) is 73.8 Å². The SMILES string of the molecule is NC(=NCCCN1CCCC1)c1ccc(-c2ccc(-c3ccc(C(N)=NCCCN4CCCC4)cc3)o2)cc1. The van der Waals surface area contributed by atoms with Gasteiger partial charge in [0.2, 0.25) is 0 Å². The fourth-order valence-electron chi connectivity index (χ4n) is 5.44. The van der Waals surface area contributed by atoms with Crippen molar-refractivity contribution in [1.82, 2.24) is 9.80 Å². The minimum absolute atomic E-state index is 0.595. The van der Waals surface area contributed by atoms with E-state index in [9.17, 15) is 0 Å². The molecule has 5 rings (SSSR count). The van der Waals surface area contributed by atoms with Gasteiger partial charge in [-0.25, -0.2) is 0 Å². The minimum atomic E-state index is 0.595. The average molecular weight is 527 g/mol. The quantitative estimate of drug-likeness (QED) is 0.197. The number of hydrogen-bond donors (Lipinski definition) is 2. The Bertz CT molecular complexity index is 1140. The summed E-state index contributed by atoms with van der Waals surface area (Å²) in [6, 6.07) is 20.2. The first-order valence-corrected chi connectivity index (χ1v) is 14.5. The molecule has 0 aliphatic carbocycles. The molecule has 2 aromatic carbocycles. The summed E-state index contributed by atoms with van der Waals surface area (Å²) in [6.07, 6.45) is 7.39. The van der Waals surface area contributed by atoms with Crippen LogP contribution in [0.3, 0.4) is 0 Å². The molecule has 7 heteroatoms. The lowest BCUT2D eigenvalue weighted by Crippen LogP contribution is -2.21. The summed E-state index contributed by atoms with van der Waals surface area (Å²) >= 11 is 0. The summed E-state index contributed by atoms with van der Waals surface area (Å²) in [7, 11) is 0. The number of nitrogens with two attached hydrogens (primary N) is 2. The molecule has 4 N–H and O–H groups in total. The number of nitrogens with zero attached hydrogens (tertiary/aromatic N) is 4. The maximum absolute atomic E-state index is 6.24. The van der Waals surface area contributed by atoms with E-state index in [2.05, 4.69) is 19.8 Å². The van der Waals surface area contributed by atoms with E-state index in [1.54, 1.807) is 0 Å². The second-order valence-electron chi connectivity index (χ2n) is 10.7. The number of rotatable bonds is 12. The fourth-order valence-corrected chi connectivity index (χ4v) is 5.44. The number of benzene rings is 2. The van der Waals surface area contributed by atoms with Gasteiger partial charge in [-0.3, -0.25) is 9.98 Å². The van der Waals surface area contributed by atoms with Crippen LogP contribution in [0.15, 0.2) is 75.1 Å². The van der Waals surface area contributed by atoms with Crippen molar-refractivity contribution in [3.63, 3.8) is 0 Å². The van der Waals surface area contributed by atoms with E-state index < -0.39 is 0 Å². The van der Waals surface area contributed by atoms with Crippen molar-refractivity contribution >= 4 is 11.7 Å². The summed E-state index contributed by atoms with van der Waals surface area (Å²) in [6.45, 7) is 8.65. The Balaban J connectivity index is 1.13. The standard InChI is InChI=1S/C32H42N6O/c33-31(35-17-5-23-37-19-1-2-20-37)27-11-7-25(8-12-27)29-15-16-30(39-29)26-9-13-28(14-10-26)32(34)36-18-6-24-38-21-3-4-22-38/h7-16H,1-6,17-24H2,(H2,33,35)(H2,34,36). The molecule has 2 fully saturated rings. The van der Waals surface area contributed by atoms with Gasteiger partial charge in [-0.2, -0.15) is 0 Å². The molecule has 3 aromatic rings. The van der Waals surface area contributed by atoms with Crippen molar-refractivity contribution in [2.24, 2.45) is 21.5 Å². The van der Waals surface area contributed by atoms with Crippen LogP contribution in [0.1, 0.15) is 49.7 Å². The summed E-state index contributed by atoms with van der Waals surface area (Å²) in [5.41, 5.74) is 16.4. The fraction of sp³-hybridized carbons (Fsp3) is 0.438. The van der Waals surface area contributed by atoms with Crippen molar-refractivity contribution in [2.45, 2.75) is 38.5 Å². The van der Waals surface area contributed by atoms with E-state index in [0.29, 0.717) is 11.7 Å². The zero-order valence-corrected chi connectivity index (χ0v) is 23.0. The molecular weight excluding hydrogens is 484 g/mol. The highest BCUT2D eigenvalue weighted by atomic mass is 16.3. The molecule has 39 heavy (non-hydrogen) atoms. The molecule has 3 heterocycles. The summed E-state index contributed by atoms with van der Waals surface area (Å²) in [4.78, 5) is 14.2. The van der Waals surface area contributed by atoms with Crippen molar-refractivity contribution in [3.8, 4) is 22.6 Å². The molecule has 0 saturated carbocycles. The van der Waals surface area contributed by atoms with Gasteiger partial charge < -0.3 is 25.7 Å². The van der Waals surface area contributed by atoms with Crippen LogP contribution < -0.4 is 11.5 Å². The first-order valence-electron chi connectivity index (χ1n) is 14.5. The third-order valence-corrected chi connectivity index (χ3v) is 7.76. The highest BCUT2D eigenvalue weighted by molar-refractivity contribution is 5.98. The van der Waals surface area contributed by atoms with E-state index in [4.69, 9.17) is 15.9 Å². The maximum atomic E-state index is 6.24. The number of amidine groups is 2. The zero-order chi connectivity index (χ0) is 26.9. The summed E-state index contributed by atoms with van der Waals surface area (Å²) < 4.78 is 6.18. The molecule has 2 saturated heterocycles. The lowest BCUT2D eigenvalue weighted by atomic mass is 10.1. The van der Waals surface area contributed by atoms with E-state index in [0.717, 1.165) is 72.8 Å². The molecule has 0 unspecified atom stereocenters. The van der Waals surface area contributed by atoms with E-state index >= 15 is 0 Å². The number of furan rings is 1.